The highest BCUT2D eigenvalue weighted by molar-refractivity contribution is 5.92. The normalized spacial score (nSPS) is 11.3. The number of hydrogen-bond donors (Lipinski definition) is 1. The van der Waals surface area contributed by atoms with Crippen LogP contribution < -0.4 is 5.32 Å². The van der Waals surface area contributed by atoms with Gasteiger partial charge in [0, 0.05) is 17.7 Å². The zero-order valence-corrected chi connectivity index (χ0v) is 15.4. The van der Waals surface area contributed by atoms with Crippen molar-refractivity contribution in [3.63, 3.8) is 0 Å². The number of anilines is 1. The Morgan fingerprint density at radius 3 is 2.52 bits per heavy atom. The summed E-state index contributed by atoms with van der Waals surface area (Å²) in [5, 5.41) is 3.00. The van der Waals surface area contributed by atoms with Crippen molar-refractivity contribution in [2.45, 2.75) is 41.0 Å². The lowest BCUT2D eigenvalue weighted by molar-refractivity contribution is -0.116. The van der Waals surface area contributed by atoms with E-state index in [1.807, 2.05) is 51.1 Å². The highest BCUT2D eigenvalue weighted by Gasteiger charge is 2.13. The Morgan fingerprint density at radius 1 is 1.08 bits per heavy atom. The number of rotatable bonds is 4. The molecular weight excluding hydrogens is 312 g/mol. The Bertz CT molecular complexity index is 899. The summed E-state index contributed by atoms with van der Waals surface area (Å²) in [7, 11) is 0. The van der Waals surface area contributed by atoms with Gasteiger partial charge >= 0.3 is 0 Å². The molecule has 3 rings (SSSR count). The number of hydrogen-bond acceptors (Lipinski definition) is 3. The summed E-state index contributed by atoms with van der Waals surface area (Å²) in [6.45, 7) is 10.2. The van der Waals surface area contributed by atoms with E-state index in [0.29, 0.717) is 18.2 Å². The van der Waals surface area contributed by atoms with E-state index >= 15 is 0 Å². The average molecular weight is 336 g/mol. The average Bonchev–Trinajstić information content (AvgIpc) is 2.92. The number of carbonyl (C=O) groups is 1. The van der Waals surface area contributed by atoms with Crippen molar-refractivity contribution in [2.24, 2.45) is 5.92 Å². The monoisotopic (exact) mass is 336 g/mol. The van der Waals surface area contributed by atoms with Crippen molar-refractivity contribution in [3.8, 4) is 11.5 Å². The van der Waals surface area contributed by atoms with Crippen LogP contribution in [0.5, 0.6) is 0 Å². The molecule has 130 valence electrons. The highest BCUT2D eigenvalue weighted by Crippen LogP contribution is 2.29. The van der Waals surface area contributed by atoms with Gasteiger partial charge in [-0.25, -0.2) is 4.98 Å². The minimum absolute atomic E-state index is 0.0269. The third-order valence-electron chi connectivity index (χ3n) is 4.36. The topological polar surface area (TPSA) is 55.1 Å². The first kappa shape index (κ1) is 17.2. The van der Waals surface area contributed by atoms with Crippen LogP contribution in [-0.4, -0.2) is 10.9 Å². The van der Waals surface area contributed by atoms with Crippen molar-refractivity contribution in [2.75, 3.05) is 5.32 Å². The largest absolute Gasteiger partial charge is 0.436 e. The summed E-state index contributed by atoms with van der Waals surface area (Å²) >= 11 is 0. The quantitative estimate of drug-likeness (QED) is 0.693. The molecule has 4 nitrogen and oxygen atoms in total. The minimum Gasteiger partial charge on any atom is -0.436 e. The van der Waals surface area contributed by atoms with Crippen LogP contribution in [0.2, 0.25) is 0 Å². The van der Waals surface area contributed by atoms with Crippen molar-refractivity contribution >= 4 is 22.7 Å². The summed E-state index contributed by atoms with van der Waals surface area (Å²) in [6, 6.07) is 9.93. The van der Waals surface area contributed by atoms with E-state index in [0.717, 1.165) is 27.9 Å². The summed E-state index contributed by atoms with van der Waals surface area (Å²) < 4.78 is 5.93. The van der Waals surface area contributed by atoms with Crippen LogP contribution >= 0.6 is 0 Å². The van der Waals surface area contributed by atoms with Crippen LogP contribution in [0, 0.1) is 26.7 Å². The van der Waals surface area contributed by atoms with Crippen LogP contribution in [0.3, 0.4) is 0 Å². The van der Waals surface area contributed by atoms with E-state index in [4.69, 9.17) is 4.42 Å². The first-order valence-corrected chi connectivity index (χ1v) is 8.62. The number of nitrogens with one attached hydrogen (secondary N) is 1. The number of fused-ring (bicyclic) bond motifs is 1. The first-order valence-electron chi connectivity index (χ1n) is 8.62. The maximum absolute atomic E-state index is 12.1. The molecule has 0 aliphatic carbocycles. The van der Waals surface area contributed by atoms with Gasteiger partial charge in [-0.2, -0.15) is 0 Å². The molecule has 0 unspecified atom stereocenters. The fraction of sp³-hybridized carbons (Fsp3) is 0.333. The summed E-state index contributed by atoms with van der Waals surface area (Å²) in [6.07, 6.45) is 0.505. The van der Waals surface area contributed by atoms with Gasteiger partial charge in [0.25, 0.3) is 0 Å². The molecule has 1 heterocycles. The molecule has 0 aliphatic rings. The molecule has 1 aromatic heterocycles. The zero-order valence-electron chi connectivity index (χ0n) is 15.4. The SMILES string of the molecule is Cc1cc2nc(-c3ccc(C)c(NC(=O)CC(C)C)c3)oc2cc1C. The van der Waals surface area contributed by atoms with E-state index in [1.54, 1.807) is 0 Å². The molecule has 0 radical (unpaired) electrons. The molecule has 3 aromatic rings. The molecule has 0 atom stereocenters. The zero-order chi connectivity index (χ0) is 18.1. The van der Waals surface area contributed by atoms with E-state index in [1.165, 1.54) is 11.1 Å². The highest BCUT2D eigenvalue weighted by atomic mass is 16.3. The molecular formula is C21H24N2O2. The maximum Gasteiger partial charge on any atom is 0.227 e. The fourth-order valence-electron chi connectivity index (χ4n) is 2.77. The van der Waals surface area contributed by atoms with Crippen LogP contribution in [0.15, 0.2) is 34.7 Å². The third-order valence-corrected chi connectivity index (χ3v) is 4.36. The van der Waals surface area contributed by atoms with Crippen LogP contribution in [-0.2, 0) is 4.79 Å². The number of aromatic nitrogens is 1. The number of nitrogens with zero attached hydrogens (tertiary/aromatic N) is 1. The van der Waals surface area contributed by atoms with Gasteiger partial charge < -0.3 is 9.73 Å². The lowest BCUT2D eigenvalue weighted by atomic mass is 10.1. The maximum atomic E-state index is 12.1. The lowest BCUT2D eigenvalue weighted by Crippen LogP contribution is -2.14. The molecule has 1 amide bonds. The van der Waals surface area contributed by atoms with E-state index < -0.39 is 0 Å². The van der Waals surface area contributed by atoms with E-state index in [2.05, 4.69) is 24.1 Å². The molecule has 0 fully saturated rings. The Hall–Kier alpha value is -2.62. The molecule has 1 N–H and O–H groups in total. The second kappa shape index (κ2) is 6.71. The van der Waals surface area contributed by atoms with Crippen molar-refractivity contribution in [1.82, 2.24) is 4.98 Å². The fourth-order valence-corrected chi connectivity index (χ4v) is 2.77. The van der Waals surface area contributed by atoms with Crippen LogP contribution in [0.4, 0.5) is 5.69 Å². The van der Waals surface area contributed by atoms with Crippen LogP contribution in [0.25, 0.3) is 22.6 Å². The number of benzene rings is 2. The molecule has 0 saturated carbocycles. The molecule has 25 heavy (non-hydrogen) atoms. The molecule has 0 spiro atoms. The van der Waals surface area contributed by atoms with Gasteiger partial charge in [0.05, 0.1) is 0 Å². The Balaban J connectivity index is 1.95. The van der Waals surface area contributed by atoms with Gasteiger partial charge in [-0.1, -0.05) is 19.9 Å². The van der Waals surface area contributed by atoms with E-state index in [9.17, 15) is 4.79 Å². The Morgan fingerprint density at radius 2 is 1.80 bits per heavy atom. The van der Waals surface area contributed by atoms with Crippen molar-refractivity contribution in [3.05, 3.63) is 47.0 Å². The van der Waals surface area contributed by atoms with Gasteiger partial charge in [-0.3, -0.25) is 4.79 Å². The van der Waals surface area contributed by atoms with Crippen LogP contribution in [0.1, 0.15) is 37.0 Å². The minimum atomic E-state index is 0.0269. The number of amides is 1. The van der Waals surface area contributed by atoms with Gasteiger partial charge in [0.2, 0.25) is 11.8 Å². The number of oxazole rings is 1. The van der Waals surface area contributed by atoms with Gasteiger partial charge in [-0.15, -0.1) is 0 Å². The Labute approximate surface area is 148 Å². The second-order valence-corrected chi connectivity index (χ2v) is 7.10. The molecule has 0 aliphatic heterocycles. The predicted molar refractivity (Wildman–Crippen MR) is 102 cm³/mol. The first-order chi connectivity index (χ1) is 11.8. The van der Waals surface area contributed by atoms with E-state index in [-0.39, 0.29) is 5.91 Å². The van der Waals surface area contributed by atoms with Gasteiger partial charge in [-0.05, 0) is 67.6 Å². The molecule has 4 heteroatoms. The van der Waals surface area contributed by atoms with Crippen molar-refractivity contribution < 1.29 is 9.21 Å². The summed E-state index contributed by atoms with van der Waals surface area (Å²) in [5.74, 6) is 0.922. The van der Waals surface area contributed by atoms with Gasteiger partial charge in [0.1, 0.15) is 5.52 Å². The molecule has 0 saturated heterocycles. The molecule has 0 bridgehead atoms. The Kier molecular flexibility index (Phi) is 4.62. The number of aryl methyl sites for hydroxylation is 3. The summed E-state index contributed by atoms with van der Waals surface area (Å²) in [4.78, 5) is 16.7. The lowest BCUT2D eigenvalue weighted by Gasteiger charge is -2.10. The van der Waals surface area contributed by atoms with Gasteiger partial charge in [0.15, 0.2) is 5.58 Å². The summed E-state index contributed by atoms with van der Waals surface area (Å²) in [5.41, 5.74) is 6.69. The second-order valence-electron chi connectivity index (χ2n) is 7.10. The number of carbonyl (C=O) groups excluding carboxylic acids is 1. The smallest absolute Gasteiger partial charge is 0.227 e. The predicted octanol–water partition coefficient (Wildman–Crippen LogP) is 5.40. The third kappa shape index (κ3) is 3.73. The molecule has 2 aromatic carbocycles. The standard InChI is InChI=1S/C21H24N2O2/c1-12(2)8-20(24)22-17-11-16(7-6-13(17)3)21-23-18-9-14(4)15(5)10-19(18)25-21/h6-7,9-12H,8H2,1-5H3,(H,22,24). The van der Waals surface area contributed by atoms with Crippen molar-refractivity contribution in [1.29, 1.82) is 0 Å².